The molecule has 8 heteroatoms. The number of anilines is 1. The predicted octanol–water partition coefficient (Wildman–Crippen LogP) is 5.81. The number of nitrogens with zero attached hydrogens (tertiary/aromatic N) is 1. The number of thioether (sulfide) groups is 1. The number of hydrogen-bond donors (Lipinski definition) is 1. The molecule has 0 bridgehead atoms. The fourth-order valence-corrected chi connectivity index (χ4v) is 4.85. The number of nitrogens with one attached hydrogen (secondary N) is 1. The molecule has 0 aromatic heterocycles. The molecule has 6 nitrogen and oxygen atoms in total. The molecule has 2 amide bonds. The summed E-state index contributed by atoms with van der Waals surface area (Å²) < 4.78 is 12.0. The smallest absolute Gasteiger partial charge is 0.266 e. The van der Waals surface area contributed by atoms with Gasteiger partial charge in [0, 0.05) is 5.69 Å². The van der Waals surface area contributed by atoms with Crippen molar-refractivity contribution in [3.8, 4) is 11.5 Å². The number of hydrogen-bond acceptors (Lipinski definition) is 6. The molecule has 3 aromatic carbocycles. The van der Waals surface area contributed by atoms with Gasteiger partial charge in [0.1, 0.15) is 4.32 Å². The molecule has 184 valence electrons. The van der Waals surface area contributed by atoms with Crippen LogP contribution in [0.2, 0.25) is 0 Å². The van der Waals surface area contributed by atoms with Gasteiger partial charge in [-0.05, 0) is 54.8 Å². The van der Waals surface area contributed by atoms with Crippen LogP contribution >= 0.6 is 24.0 Å². The monoisotopic (exact) mass is 518 g/mol. The summed E-state index contributed by atoms with van der Waals surface area (Å²) in [5, 5.41) is 2.85. The Hall–Kier alpha value is -3.62. The number of ether oxygens (including phenoxy) is 2. The maximum atomic E-state index is 13.0. The van der Waals surface area contributed by atoms with Gasteiger partial charge < -0.3 is 14.8 Å². The first-order chi connectivity index (χ1) is 17.4. The number of benzene rings is 3. The van der Waals surface area contributed by atoms with Gasteiger partial charge in [0.25, 0.3) is 11.8 Å². The summed E-state index contributed by atoms with van der Waals surface area (Å²) in [6, 6.07) is 22.7. The maximum Gasteiger partial charge on any atom is 0.266 e. The van der Waals surface area contributed by atoms with Crippen LogP contribution in [-0.2, 0) is 16.1 Å². The van der Waals surface area contributed by atoms with E-state index < -0.39 is 0 Å². The van der Waals surface area contributed by atoms with Crippen LogP contribution < -0.4 is 14.8 Å². The minimum Gasteiger partial charge on any atom is -0.490 e. The molecule has 0 unspecified atom stereocenters. The highest BCUT2D eigenvalue weighted by Gasteiger charge is 2.32. The Morgan fingerprint density at radius 3 is 2.53 bits per heavy atom. The molecule has 36 heavy (non-hydrogen) atoms. The molecule has 1 N–H and O–H groups in total. The first-order valence-corrected chi connectivity index (χ1v) is 12.7. The van der Waals surface area contributed by atoms with Gasteiger partial charge in [-0.2, -0.15) is 0 Å². The van der Waals surface area contributed by atoms with Gasteiger partial charge in [-0.1, -0.05) is 78.6 Å². The second-order valence-electron chi connectivity index (χ2n) is 8.04. The average Bonchev–Trinajstić information content (AvgIpc) is 3.13. The molecule has 0 saturated carbocycles. The molecule has 0 aliphatic carbocycles. The Kier molecular flexibility index (Phi) is 8.40. The summed E-state index contributed by atoms with van der Waals surface area (Å²) in [5.74, 6) is 0.554. The first-order valence-electron chi connectivity index (χ1n) is 11.5. The van der Waals surface area contributed by atoms with Crippen LogP contribution in [0.4, 0.5) is 5.69 Å². The van der Waals surface area contributed by atoms with Crippen LogP contribution in [0.5, 0.6) is 11.5 Å². The molecule has 4 rings (SSSR count). The molecule has 1 aliphatic rings. The fourth-order valence-electron chi connectivity index (χ4n) is 3.60. The highest BCUT2D eigenvalue weighted by molar-refractivity contribution is 8.26. The third-order valence-corrected chi connectivity index (χ3v) is 6.78. The van der Waals surface area contributed by atoms with E-state index in [4.69, 9.17) is 21.7 Å². The van der Waals surface area contributed by atoms with Gasteiger partial charge in [-0.3, -0.25) is 14.5 Å². The van der Waals surface area contributed by atoms with E-state index in [-0.39, 0.29) is 18.4 Å². The Morgan fingerprint density at radius 1 is 1.03 bits per heavy atom. The summed E-state index contributed by atoms with van der Waals surface area (Å²) >= 11 is 6.74. The summed E-state index contributed by atoms with van der Waals surface area (Å²) in [7, 11) is 0. The molecule has 1 saturated heterocycles. The zero-order chi connectivity index (χ0) is 25.5. The minimum atomic E-state index is -0.266. The van der Waals surface area contributed by atoms with Gasteiger partial charge in [0.15, 0.2) is 18.1 Å². The van der Waals surface area contributed by atoms with Crippen molar-refractivity contribution < 1.29 is 19.1 Å². The minimum absolute atomic E-state index is 0.125. The molecule has 0 radical (unpaired) electrons. The number of thiocarbonyl (C=S) groups is 1. The van der Waals surface area contributed by atoms with Crippen molar-refractivity contribution in [1.29, 1.82) is 0 Å². The van der Waals surface area contributed by atoms with Crippen LogP contribution in [0, 0.1) is 6.92 Å². The number of amides is 2. The molecule has 1 heterocycles. The molecule has 3 aromatic rings. The Bertz CT molecular complexity index is 1310. The lowest BCUT2D eigenvalue weighted by molar-refractivity contribution is -0.122. The second-order valence-corrected chi connectivity index (χ2v) is 9.72. The Balaban J connectivity index is 1.45. The Labute approximate surface area is 220 Å². The van der Waals surface area contributed by atoms with Crippen molar-refractivity contribution in [1.82, 2.24) is 4.90 Å². The normalized spacial score (nSPS) is 14.3. The Morgan fingerprint density at radius 2 is 1.78 bits per heavy atom. The number of carbonyl (C=O) groups excluding carboxylic acids is 2. The van der Waals surface area contributed by atoms with E-state index >= 15 is 0 Å². The van der Waals surface area contributed by atoms with Crippen LogP contribution in [0.1, 0.15) is 23.6 Å². The van der Waals surface area contributed by atoms with Crippen molar-refractivity contribution in [2.24, 2.45) is 0 Å². The predicted molar refractivity (Wildman–Crippen MR) is 148 cm³/mol. The molecular formula is C28H26N2O4S2. The topological polar surface area (TPSA) is 67.9 Å². The lowest BCUT2D eigenvalue weighted by Gasteiger charge is -2.14. The molecule has 1 fully saturated rings. The van der Waals surface area contributed by atoms with E-state index in [1.54, 1.807) is 23.1 Å². The van der Waals surface area contributed by atoms with Gasteiger partial charge in [-0.25, -0.2) is 0 Å². The van der Waals surface area contributed by atoms with Crippen molar-refractivity contribution >= 4 is 51.9 Å². The van der Waals surface area contributed by atoms with Crippen molar-refractivity contribution in [2.45, 2.75) is 20.4 Å². The molecule has 0 atom stereocenters. The van der Waals surface area contributed by atoms with E-state index in [1.807, 2.05) is 74.5 Å². The molecular weight excluding hydrogens is 492 g/mol. The van der Waals surface area contributed by atoms with Crippen molar-refractivity contribution in [3.05, 3.63) is 94.4 Å². The largest absolute Gasteiger partial charge is 0.490 e. The summed E-state index contributed by atoms with van der Waals surface area (Å²) in [6.07, 6.45) is 1.79. The third-order valence-electron chi connectivity index (χ3n) is 5.40. The number of para-hydroxylation sites is 1. The third kappa shape index (κ3) is 6.33. The lowest BCUT2D eigenvalue weighted by atomic mass is 10.1. The standard InChI is InChI=1S/C28H26N2O4S2/c1-3-33-24-15-21(13-14-23(24)34-18-26(31)29-22-12-8-7-9-19(22)2)16-25-27(32)30(28(35)36-25)17-20-10-5-4-6-11-20/h4-16H,3,17-18H2,1-2H3,(H,29,31)/b25-16+. The quantitative estimate of drug-likeness (QED) is 0.285. The number of aryl methyl sites for hydroxylation is 1. The van der Waals surface area contributed by atoms with Crippen LogP contribution in [-0.4, -0.2) is 34.2 Å². The summed E-state index contributed by atoms with van der Waals surface area (Å²) in [6.45, 7) is 4.50. The SMILES string of the molecule is CCOc1cc(/C=C2/SC(=S)N(Cc3ccccc3)C2=O)ccc1OCC(=O)Nc1ccccc1C. The van der Waals surface area contributed by atoms with Gasteiger partial charge in [-0.15, -0.1) is 0 Å². The van der Waals surface area contributed by atoms with Gasteiger partial charge in [0.2, 0.25) is 0 Å². The van der Waals surface area contributed by atoms with Crippen LogP contribution in [0.3, 0.4) is 0 Å². The second kappa shape index (κ2) is 11.9. The molecule has 1 aliphatic heterocycles. The molecule has 0 spiro atoms. The van der Waals surface area contributed by atoms with E-state index in [1.165, 1.54) is 11.8 Å². The van der Waals surface area contributed by atoms with E-state index in [9.17, 15) is 9.59 Å². The van der Waals surface area contributed by atoms with Crippen LogP contribution in [0.15, 0.2) is 77.7 Å². The van der Waals surface area contributed by atoms with Crippen LogP contribution in [0.25, 0.3) is 6.08 Å². The number of rotatable bonds is 9. The van der Waals surface area contributed by atoms with Crippen molar-refractivity contribution in [3.63, 3.8) is 0 Å². The maximum absolute atomic E-state index is 13.0. The summed E-state index contributed by atoms with van der Waals surface area (Å²) in [4.78, 5) is 27.5. The highest BCUT2D eigenvalue weighted by atomic mass is 32.2. The zero-order valence-electron chi connectivity index (χ0n) is 20.0. The summed E-state index contributed by atoms with van der Waals surface area (Å²) in [5.41, 5.74) is 3.51. The number of carbonyl (C=O) groups is 2. The fraction of sp³-hybridized carbons (Fsp3) is 0.179. The first kappa shape index (κ1) is 25.5. The lowest BCUT2D eigenvalue weighted by Crippen LogP contribution is -2.27. The average molecular weight is 519 g/mol. The highest BCUT2D eigenvalue weighted by Crippen LogP contribution is 2.35. The van der Waals surface area contributed by atoms with Gasteiger partial charge >= 0.3 is 0 Å². The van der Waals surface area contributed by atoms with E-state index in [0.717, 1.165) is 22.4 Å². The zero-order valence-corrected chi connectivity index (χ0v) is 21.7. The van der Waals surface area contributed by atoms with Crippen molar-refractivity contribution in [2.75, 3.05) is 18.5 Å². The van der Waals surface area contributed by atoms with E-state index in [2.05, 4.69) is 5.32 Å². The van der Waals surface area contributed by atoms with E-state index in [0.29, 0.717) is 33.9 Å². The van der Waals surface area contributed by atoms with Gasteiger partial charge in [0.05, 0.1) is 18.1 Å².